The third-order valence-electron chi connectivity index (χ3n) is 2.52. The van der Waals surface area contributed by atoms with Gasteiger partial charge in [0.15, 0.2) is 0 Å². The van der Waals surface area contributed by atoms with E-state index in [2.05, 4.69) is 22.4 Å². The molecule has 1 amide bonds. The molecule has 0 aliphatic heterocycles. The van der Waals surface area contributed by atoms with Crippen molar-refractivity contribution in [2.24, 2.45) is 0 Å². The van der Waals surface area contributed by atoms with E-state index in [1.165, 1.54) is 4.90 Å². The number of rotatable bonds is 6. The van der Waals surface area contributed by atoms with Crippen LogP contribution in [0.4, 0.5) is 0 Å². The molecule has 0 unspecified atom stereocenters. The van der Waals surface area contributed by atoms with Crippen LogP contribution in [0.15, 0.2) is 59.6 Å². The number of pyridine rings is 1. The lowest BCUT2D eigenvalue weighted by atomic mass is 10.3. The van der Waals surface area contributed by atoms with E-state index in [9.17, 15) is 4.79 Å². The van der Waals surface area contributed by atoms with E-state index in [-0.39, 0.29) is 5.91 Å². The maximum absolute atomic E-state index is 11.7. The number of carbonyl (C=O) groups excluding carboxylic acids is 1. The SMILES string of the molecule is O=C(NCCCSc1ccccc1)c1ccccn1. The van der Waals surface area contributed by atoms with Crippen LogP contribution in [0.2, 0.25) is 0 Å². The number of aromatic nitrogens is 1. The van der Waals surface area contributed by atoms with Crippen LogP contribution in [0.3, 0.4) is 0 Å². The standard InChI is InChI=1S/C15H16N2OS/c18-15(14-9-4-5-10-16-14)17-11-6-12-19-13-7-2-1-3-8-13/h1-5,7-10H,6,11-12H2,(H,17,18). The largest absolute Gasteiger partial charge is 0.351 e. The van der Waals surface area contributed by atoms with Gasteiger partial charge in [-0.2, -0.15) is 0 Å². The van der Waals surface area contributed by atoms with Crippen molar-refractivity contribution >= 4 is 17.7 Å². The monoisotopic (exact) mass is 272 g/mol. The first-order chi connectivity index (χ1) is 9.36. The van der Waals surface area contributed by atoms with E-state index in [1.54, 1.807) is 30.1 Å². The van der Waals surface area contributed by atoms with Gasteiger partial charge in [0.25, 0.3) is 5.91 Å². The van der Waals surface area contributed by atoms with Gasteiger partial charge in [-0.1, -0.05) is 24.3 Å². The number of benzene rings is 1. The molecule has 0 aliphatic rings. The van der Waals surface area contributed by atoms with Gasteiger partial charge in [0.1, 0.15) is 5.69 Å². The van der Waals surface area contributed by atoms with Crippen molar-refractivity contribution in [1.82, 2.24) is 10.3 Å². The first kappa shape index (κ1) is 13.6. The summed E-state index contributed by atoms with van der Waals surface area (Å²) in [6, 6.07) is 15.6. The number of nitrogens with zero attached hydrogens (tertiary/aromatic N) is 1. The van der Waals surface area contributed by atoms with Crippen molar-refractivity contribution in [1.29, 1.82) is 0 Å². The summed E-state index contributed by atoms with van der Waals surface area (Å²) < 4.78 is 0. The van der Waals surface area contributed by atoms with Crippen LogP contribution in [-0.4, -0.2) is 23.2 Å². The van der Waals surface area contributed by atoms with E-state index in [0.29, 0.717) is 12.2 Å². The Morgan fingerprint density at radius 3 is 2.63 bits per heavy atom. The van der Waals surface area contributed by atoms with Crippen LogP contribution >= 0.6 is 11.8 Å². The van der Waals surface area contributed by atoms with Gasteiger partial charge in [-0.3, -0.25) is 9.78 Å². The van der Waals surface area contributed by atoms with Crippen molar-refractivity contribution in [3.63, 3.8) is 0 Å². The van der Waals surface area contributed by atoms with Crippen LogP contribution in [0.25, 0.3) is 0 Å². The highest BCUT2D eigenvalue weighted by Gasteiger charge is 2.04. The molecule has 2 aromatic rings. The quantitative estimate of drug-likeness (QED) is 0.649. The Labute approximate surface area is 117 Å². The van der Waals surface area contributed by atoms with E-state index < -0.39 is 0 Å². The van der Waals surface area contributed by atoms with Gasteiger partial charge in [0.2, 0.25) is 0 Å². The minimum Gasteiger partial charge on any atom is -0.351 e. The molecule has 98 valence electrons. The zero-order valence-corrected chi connectivity index (χ0v) is 11.4. The Bertz CT molecular complexity index is 502. The molecule has 0 saturated carbocycles. The van der Waals surface area contributed by atoms with Crippen LogP contribution in [-0.2, 0) is 0 Å². The smallest absolute Gasteiger partial charge is 0.269 e. The average molecular weight is 272 g/mol. The number of nitrogens with one attached hydrogen (secondary N) is 1. The molecular weight excluding hydrogens is 256 g/mol. The second-order valence-electron chi connectivity index (χ2n) is 3.99. The summed E-state index contributed by atoms with van der Waals surface area (Å²) in [6.45, 7) is 0.676. The Morgan fingerprint density at radius 1 is 1.11 bits per heavy atom. The Morgan fingerprint density at radius 2 is 1.89 bits per heavy atom. The number of thioether (sulfide) groups is 1. The highest BCUT2D eigenvalue weighted by atomic mass is 32.2. The molecular formula is C15H16N2OS. The molecule has 4 heteroatoms. The molecule has 19 heavy (non-hydrogen) atoms. The van der Waals surface area contributed by atoms with E-state index in [1.807, 2.05) is 24.3 Å². The lowest BCUT2D eigenvalue weighted by molar-refractivity contribution is 0.0949. The zero-order chi connectivity index (χ0) is 13.3. The van der Waals surface area contributed by atoms with Crippen molar-refractivity contribution in [3.05, 3.63) is 60.4 Å². The summed E-state index contributed by atoms with van der Waals surface area (Å²) in [6.07, 6.45) is 2.57. The minimum absolute atomic E-state index is 0.106. The molecule has 1 aromatic heterocycles. The summed E-state index contributed by atoms with van der Waals surface area (Å²) in [7, 11) is 0. The molecule has 0 fully saturated rings. The maximum Gasteiger partial charge on any atom is 0.269 e. The Hall–Kier alpha value is -1.81. The van der Waals surface area contributed by atoms with Crippen molar-refractivity contribution in [3.8, 4) is 0 Å². The molecule has 0 bridgehead atoms. The van der Waals surface area contributed by atoms with E-state index in [0.717, 1.165) is 12.2 Å². The van der Waals surface area contributed by atoms with Crippen molar-refractivity contribution in [2.45, 2.75) is 11.3 Å². The molecule has 1 aromatic carbocycles. The van der Waals surface area contributed by atoms with Crippen molar-refractivity contribution in [2.75, 3.05) is 12.3 Å². The van der Waals surface area contributed by atoms with Crippen LogP contribution in [0, 0.1) is 0 Å². The van der Waals surface area contributed by atoms with E-state index >= 15 is 0 Å². The molecule has 1 N–H and O–H groups in total. The van der Waals surface area contributed by atoms with Crippen LogP contribution < -0.4 is 5.32 Å². The van der Waals surface area contributed by atoms with Crippen LogP contribution in [0.5, 0.6) is 0 Å². The highest BCUT2D eigenvalue weighted by Crippen LogP contribution is 2.17. The second kappa shape index (κ2) is 7.59. The number of hydrogen-bond donors (Lipinski definition) is 1. The number of hydrogen-bond acceptors (Lipinski definition) is 3. The molecule has 1 heterocycles. The molecule has 0 saturated heterocycles. The lowest BCUT2D eigenvalue weighted by Crippen LogP contribution is -2.25. The predicted molar refractivity (Wildman–Crippen MR) is 78.4 cm³/mol. The lowest BCUT2D eigenvalue weighted by Gasteiger charge is -2.04. The van der Waals surface area contributed by atoms with Gasteiger partial charge in [-0.15, -0.1) is 11.8 Å². The van der Waals surface area contributed by atoms with Gasteiger partial charge >= 0.3 is 0 Å². The highest BCUT2D eigenvalue weighted by molar-refractivity contribution is 7.99. The number of carbonyl (C=O) groups is 1. The molecule has 2 rings (SSSR count). The third-order valence-corrected chi connectivity index (χ3v) is 3.61. The summed E-state index contributed by atoms with van der Waals surface area (Å²) >= 11 is 1.80. The average Bonchev–Trinajstić information content (AvgIpc) is 2.49. The topological polar surface area (TPSA) is 42.0 Å². The molecule has 3 nitrogen and oxygen atoms in total. The fraction of sp³-hybridized carbons (Fsp3) is 0.200. The fourth-order valence-electron chi connectivity index (χ4n) is 1.57. The summed E-state index contributed by atoms with van der Waals surface area (Å²) in [5.74, 6) is 0.886. The molecule has 0 aliphatic carbocycles. The summed E-state index contributed by atoms with van der Waals surface area (Å²) in [5, 5.41) is 2.87. The van der Waals surface area contributed by atoms with Gasteiger partial charge in [-0.25, -0.2) is 0 Å². The summed E-state index contributed by atoms with van der Waals surface area (Å²) in [5.41, 5.74) is 0.471. The Balaban J connectivity index is 1.63. The molecule has 0 radical (unpaired) electrons. The van der Waals surface area contributed by atoms with Gasteiger partial charge in [0, 0.05) is 17.6 Å². The van der Waals surface area contributed by atoms with E-state index in [4.69, 9.17) is 0 Å². The fourth-order valence-corrected chi connectivity index (χ4v) is 2.44. The van der Waals surface area contributed by atoms with Crippen molar-refractivity contribution < 1.29 is 4.79 Å². The van der Waals surface area contributed by atoms with Gasteiger partial charge in [-0.05, 0) is 36.4 Å². The number of amides is 1. The maximum atomic E-state index is 11.7. The zero-order valence-electron chi connectivity index (χ0n) is 10.6. The first-order valence-electron chi connectivity index (χ1n) is 6.23. The summed E-state index contributed by atoms with van der Waals surface area (Å²) in [4.78, 5) is 17.0. The molecule has 0 spiro atoms. The second-order valence-corrected chi connectivity index (χ2v) is 5.15. The Kier molecular flexibility index (Phi) is 5.44. The minimum atomic E-state index is -0.106. The predicted octanol–water partition coefficient (Wildman–Crippen LogP) is 2.99. The normalized spacial score (nSPS) is 10.1. The van der Waals surface area contributed by atoms with Gasteiger partial charge in [0.05, 0.1) is 0 Å². The third kappa shape index (κ3) is 4.75. The van der Waals surface area contributed by atoms with Gasteiger partial charge < -0.3 is 5.32 Å². The van der Waals surface area contributed by atoms with Crippen LogP contribution in [0.1, 0.15) is 16.9 Å². The molecule has 0 atom stereocenters. The first-order valence-corrected chi connectivity index (χ1v) is 7.22.